The molecule has 0 saturated heterocycles. The van der Waals surface area contributed by atoms with Crippen LogP contribution in [-0.2, 0) is 0 Å². The van der Waals surface area contributed by atoms with E-state index in [-0.39, 0.29) is 12.4 Å². The van der Waals surface area contributed by atoms with E-state index >= 15 is 0 Å². The Morgan fingerprint density at radius 3 is 2.75 bits per heavy atom. The lowest BCUT2D eigenvalue weighted by Crippen LogP contribution is -2.13. The number of halogens is 2. The Balaban J connectivity index is 1.69. The molecule has 0 fully saturated rings. The molecule has 0 aliphatic carbocycles. The second-order valence-electron chi connectivity index (χ2n) is 5.03. The Morgan fingerprint density at radius 1 is 1.12 bits per heavy atom. The summed E-state index contributed by atoms with van der Waals surface area (Å²) in [5.41, 5.74) is 1.89. The molecule has 1 heterocycles. The molecule has 6 heteroatoms. The van der Waals surface area contributed by atoms with Crippen molar-refractivity contribution in [2.45, 2.75) is 0 Å². The summed E-state index contributed by atoms with van der Waals surface area (Å²) in [4.78, 5) is 4.24. The van der Waals surface area contributed by atoms with Gasteiger partial charge < -0.3 is 10.1 Å². The number of pyridine rings is 1. The lowest BCUT2D eigenvalue weighted by Gasteiger charge is -2.12. The average Bonchev–Trinajstić information content (AvgIpc) is 2.61. The van der Waals surface area contributed by atoms with Crippen molar-refractivity contribution in [3.05, 3.63) is 65.9 Å². The Labute approximate surface area is 137 Å². The molecule has 0 bridgehead atoms. The van der Waals surface area contributed by atoms with Gasteiger partial charge in [0.15, 0.2) is 11.6 Å². The number of nitriles is 1. The van der Waals surface area contributed by atoms with E-state index in [4.69, 9.17) is 4.74 Å². The van der Waals surface area contributed by atoms with E-state index in [0.717, 1.165) is 23.0 Å². The molecular weight excluding hydrogens is 312 g/mol. The van der Waals surface area contributed by atoms with E-state index < -0.39 is 11.6 Å². The normalized spacial score (nSPS) is 10.4. The molecule has 1 aromatic heterocycles. The van der Waals surface area contributed by atoms with Gasteiger partial charge in [-0.15, -0.1) is 0 Å². The van der Waals surface area contributed by atoms with Crippen LogP contribution < -0.4 is 10.1 Å². The van der Waals surface area contributed by atoms with E-state index in [0.29, 0.717) is 17.8 Å². The first-order valence-electron chi connectivity index (χ1n) is 7.28. The van der Waals surface area contributed by atoms with Gasteiger partial charge in [0.05, 0.1) is 16.8 Å². The van der Waals surface area contributed by atoms with Gasteiger partial charge in [-0.05, 0) is 18.2 Å². The van der Waals surface area contributed by atoms with Crippen molar-refractivity contribution >= 4 is 16.6 Å². The number of benzene rings is 2. The number of nitrogens with zero attached hydrogens (tertiary/aromatic N) is 2. The predicted molar refractivity (Wildman–Crippen MR) is 86.8 cm³/mol. The molecular formula is C18H13F2N3O. The first kappa shape index (κ1) is 15.7. The molecule has 0 atom stereocenters. The maximum absolute atomic E-state index is 13.1. The summed E-state index contributed by atoms with van der Waals surface area (Å²) in [5, 5.41) is 13.2. The van der Waals surface area contributed by atoms with E-state index in [2.05, 4.69) is 16.4 Å². The highest BCUT2D eigenvalue weighted by atomic mass is 19.2. The molecule has 0 aliphatic rings. The fraction of sp³-hybridized carbons (Fsp3) is 0.111. The SMILES string of the molecule is N#Cc1cnc2ccccc2c1NCCOc1ccc(F)c(F)c1. The predicted octanol–water partition coefficient (Wildman–Crippen LogP) is 3.88. The maximum atomic E-state index is 13.1. The number of ether oxygens (including phenoxy) is 1. The number of nitrogens with one attached hydrogen (secondary N) is 1. The summed E-state index contributed by atoms with van der Waals surface area (Å²) in [6.45, 7) is 0.619. The molecule has 120 valence electrons. The van der Waals surface area contributed by atoms with E-state index in [1.807, 2.05) is 24.3 Å². The zero-order valence-corrected chi connectivity index (χ0v) is 12.6. The molecule has 4 nitrogen and oxygen atoms in total. The third-order valence-electron chi connectivity index (χ3n) is 3.46. The third-order valence-corrected chi connectivity index (χ3v) is 3.46. The van der Waals surface area contributed by atoms with Crippen molar-refractivity contribution in [3.8, 4) is 11.8 Å². The summed E-state index contributed by atoms with van der Waals surface area (Å²) >= 11 is 0. The number of anilines is 1. The minimum Gasteiger partial charge on any atom is -0.492 e. The molecule has 24 heavy (non-hydrogen) atoms. The molecule has 1 N–H and O–H groups in total. The molecule has 2 aromatic carbocycles. The van der Waals surface area contributed by atoms with Crippen LogP contribution in [0, 0.1) is 23.0 Å². The summed E-state index contributed by atoms with van der Waals surface area (Å²) in [6.07, 6.45) is 1.51. The van der Waals surface area contributed by atoms with E-state index in [1.165, 1.54) is 12.3 Å². The van der Waals surface area contributed by atoms with Gasteiger partial charge in [-0.25, -0.2) is 8.78 Å². The highest BCUT2D eigenvalue weighted by Crippen LogP contribution is 2.25. The fourth-order valence-corrected chi connectivity index (χ4v) is 2.33. The number of fused-ring (bicyclic) bond motifs is 1. The van der Waals surface area contributed by atoms with Crippen molar-refractivity contribution in [1.82, 2.24) is 4.98 Å². The largest absolute Gasteiger partial charge is 0.492 e. The van der Waals surface area contributed by atoms with Gasteiger partial charge in [0.2, 0.25) is 0 Å². The zero-order chi connectivity index (χ0) is 16.9. The summed E-state index contributed by atoms with van der Waals surface area (Å²) in [5.74, 6) is -1.62. The van der Waals surface area contributed by atoms with Crippen molar-refractivity contribution < 1.29 is 13.5 Å². The smallest absolute Gasteiger partial charge is 0.162 e. The molecule has 3 rings (SSSR count). The first-order chi connectivity index (χ1) is 11.7. The molecule has 0 radical (unpaired) electrons. The van der Waals surface area contributed by atoms with Gasteiger partial charge >= 0.3 is 0 Å². The van der Waals surface area contributed by atoms with Crippen molar-refractivity contribution in [1.29, 1.82) is 5.26 Å². The lowest BCUT2D eigenvalue weighted by atomic mass is 10.1. The number of aromatic nitrogens is 1. The zero-order valence-electron chi connectivity index (χ0n) is 12.6. The highest BCUT2D eigenvalue weighted by molar-refractivity contribution is 5.93. The van der Waals surface area contributed by atoms with Crippen LogP contribution in [0.1, 0.15) is 5.56 Å². The quantitative estimate of drug-likeness (QED) is 0.723. The van der Waals surface area contributed by atoms with Gasteiger partial charge in [0.1, 0.15) is 18.4 Å². The Hall–Kier alpha value is -3.20. The van der Waals surface area contributed by atoms with Crippen molar-refractivity contribution in [2.24, 2.45) is 0 Å². The molecule has 0 spiro atoms. The van der Waals surface area contributed by atoms with Crippen LogP contribution in [0.3, 0.4) is 0 Å². The van der Waals surface area contributed by atoms with Gasteiger partial charge in [-0.1, -0.05) is 18.2 Å². The molecule has 3 aromatic rings. The number of hydrogen-bond donors (Lipinski definition) is 1. The van der Waals surface area contributed by atoms with Gasteiger partial charge in [0.25, 0.3) is 0 Å². The molecule has 0 amide bonds. The minimum absolute atomic E-state index is 0.229. The Morgan fingerprint density at radius 2 is 1.96 bits per heavy atom. The van der Waals surface area contributed by atoms with Crippen LogP contribution in [0.2, 0.25) is 0 Å². The second-order valence-corrected chi connectivity index (χ2v) is 5.03. The number of rotatable bonds is 5. The van der Waals surface area contributed by atoms with Crippen LogP contribution in [0.4, 0.5) is 14.5 Å². The lowest BCUT2D eigenvalue weighted by molar-refractivity contribution is 0.329. The van der Waals surface area contributed by atoms with E-state index in [9.17, 15) is 14.0 Å². The van der Waals surface area contributed by atoms with Gasteiger partial charge in [0, 0.05) is 24.2 Å². The number of para-hydroxylation sites is 1. The molecule has 0 unspecified atom stereocenters. The van der Waals surface area contributed by atoms with Crippen LogP contribution >= 0.6 is 0 Å². The van der Waals surface area contributed by atoms with Crippen molar-refractivity contribution in [2.75, 3.05) is 18.5 Å². The topological polar surface area (TPSA) is 57.9 Å². The van der Waals surface area contributed by atoms with Gasteiger partial charge in [-0.3, -0.25) is 4.98 Å². The van der Waals surface area contributed by atoms with Crippen LogP contribution in [0.25, 0.3) is 10.9 Å². The molecule has 0 saturated carbocycles. The highest BCUT2D eigenvalue weighted by Gasteiger charge is 2.08. The molecule has 0 aliphatic heterocycles. The Kier molecular flexibility index (Phi) is 4.52. The number of hydrogen-bond acceptors (Lipinski definition) is 4. The van der Waals surface area contributed by atoms with E-state index in [1.54, 1.807) is 0 Å². The minimum atomic E-state index is -0.952. The first-order valence-corrected chi connectivity index (χ1v) is 7.28. The third kappa shape index (κ3) is 3.25. The summed E-state index contributed by atoms with van der Waals surface area (Å²) in [7, 11) is 0. The summed E-state index contributed by atoms with van der Waals surface area (Å²) < 4.78 is 31.4. The monoisotopic (exact) mass is 325 g/mol. The van der Waals surface area contributed by atoms with Crippen LogP contribution in [0.5, 0.6) is 5.75 Å². The average molecular weight is 325 g/mol. The van der Waals surface area contributed by atoms with Gasteiger partial charge in [-0.2, -0.15) is 5.26 Å². The van der Waals surface area contributed by atoms with Crippen LogP contribution in [0.15, 0.2) is 48.7 Å². The standard InChI is InChI=1S/C18H13F2N3O/c19-15-6-5-13(9-16(15)20)24-8-7-22-18-12(10-21)11-23-17-4-2-1-3-14(17)18/h1-6,9,11H,7-8H2,(H,22,23). The Bertz CT molecular complexity index is 922. The fourth-order valence-electron chi connectivity index (χ4n) is 2.33. The summed E-state index contributed by atoms with van der Waals surface area (Å²) in [6, 6.07) is 13.0. The second kappa shape index (κ2) is 6.92. The maximum Gasteiger partial charge on any atom is 0.162 e. The van der Waals surface area contributed by atoms with Crippen molar-refractivity contribution in [3.63, 3.8) is 0 Å². The van der Waals surface area contributed by atoms with Crippen LogP contribution in [-0.4, -0.2) is 18.1 Å².